The molecule has 6 heteroatoms. The molecular weight excluding hydrogens is 268 g/mol. The van der Waals surface area contributed by atoms with Crippen molar-refractivity contribution < 1.29 is 23.9 Å². The average Bonchev–Trinajstić information content (AvgIpc) is 2.28. The van der Waals surface area contributed by atoms with Gasteiger partial charge in [-0.1, -0.05) is 13.8 Å². The van der Waals surface area contributed by atoms with E-state index in [1.54, 1.807) is 13.8 Å². The van der Waals surface area contributed by atoms with E-state index in [1.165, 1.54) is 11.8 Å². The Morgan fingerprint density at radius 2 is 1.37 bits per heavy atom. The van der Waals surface area contributed by atoms with Gasteiger partial charge in [0.15, 0.2) is 5.78 Å². The minimum atomic E-state index is -0.879. The first-order valence-electron chi connectivity index (χ1n) is 6.46. The van der Waals surface area contributed by atoms with Crippen LogP contribution in [0.25, 0.3) is 0 Å². The summed E-state index contributed by atoms with van der Waals surface area (Å²) in [5, 5.41) is -0.376. The number of rotatable bonds is 4. The number of Topliss-reactive ketones (excluding diaryl/α,β-unsaturated/α-hetero) is 1. The van der Waals surface area contributed by atoms with E-state index in [0.29, 0.717) is 0 Å². The maximum atomic E-state index is 12.4. The molecule has 1 saturated heterocycles. The predicted molar refractivity (Wildman–Crippen MR) is 71.8 cm³/mol. The summed E-state index contributed by atoms with van der Waals surface area (Å²) >= 11 is 1.45. The fourth-order valence-corrected chi connectivity index (χ4v) is 3.71. The summed E-state index contributed by atoms with van der Waals surface area (Å²) in [5.41, 5.74) is 0. The molecule has 0 spiro atoms. The van der Waals surface area contributed by atoms with E-state index in [4.69, 9.17) is 9.47 Å². The van der Waals surface area contributed by atoms with Crippen LogP contribution in [0.3, 0.4) is 0 Å². The molecule has 0 saturated carbocycles. The van der Waals surface area contributed by atoms with E-state index in [0.717, 1.165) is 0 Å². The van der Waals surface area contributed by atoms with E-state index >= 15 is 0 Å². The van der Waals surface area contributed by atoms with Crippen LogP contribution in [0.1, 0.15) is 27.7 Å². The van der Waals surface area contributed by atoms with Crippen LogP contribution < -0.4 is 0 Å². The number of esters is 2. The second-order valence-corrected chi connectivity index (χ2v) is 6.17. The van der Waals surface area contributed by atoms with Crippen molar-refractivity contribution in [2.45, 2.75) is 38.2 Å². The van der Waals surface area contributed by atoms with Crippen molar-refractivity contribution in [3.05, 3.63) is 0 Å². The summed E-state index contributed by atoms with van der Waals surface area (Å²) in [4.78, 5) is 36.1. The van der Waals surface area contributed by atoms with Gasteiger partial charge in [-0.05, 0) is 13.8 Å². The molecule has 0 aromatic rings. The number of thioether (sulfide) groups is 1. The molecule has 0 radical (unpaired) electrons. The highest BCUT2D eigenvalue weighted by molar-refractivity contribution is 8.00. The smallest absolute Gasteiger partial charge is 0.317 e. The quantitative estimate of drug-likeness (QED) is 0.576. The molecule has 0 aliphatic carbocycles. The van der Waals surface area contributed by atoms with Crippen molar-refractivity contribution in [2.75, 3.05) is 13.2 Å². The minimum absolute atomic E-state index is 0.188. The molecule has 0 amide bonds. The molecule has 4 atom stereocenters. The third kappa shape index (κ3) is 3.49. The van der Waals surface area contributed by atoms with Gasteiger partial charge in [0.05, 0.1) is 13.2 Å². The molecular formula is C13H20O5S. The van der Waals surface area contributed by atoms with Crippen LogP contribution in [-0.2, 0) is 23.9 Å². The molecule has 0 aromatic carbocycles. The van der Waals surface area contributed by atoms with Gasteiger partial charge in [-0.2, -0.15) is 11.8 Å². The van der Waals surface area contributed by atoms with Crippen LogP contribution in [0.5, 0.6) is 0 Å². The third-order valence-electron chi connectivity index (χ3n) is 3.06. The number of carbonyl (C=O) groups excluding carboxylic acids is 3. The Balaban J connectivity index is 2.92. The van der Waals surface area contributed by atoms with Crippen molar-refractivity contribution >= 4 is 29.5 Å². The van der Waals surface area contributed by atoms with E-state index in [2.05, 4.69) is 0 Å². The van der Waals surface area contributed by atoms with Crippen molar-refractivity contribution in [1.82, 2.24) is 0 Å². The Morgan fingerprint density at radius 3 is 1.68 bits per heavy atom. The van der Waals surface area contributed by atoms with Gasteiger partial charge in [-0.15, -0.1) is 0 Å². The van der Waals surface area contributed by atoms with E-state index in [1.807, 2.05) is 13.8 Å². The average molecular weight is 288 g/mol. The fraction of sp³-hybridized carbons (Fsp3) is 0.769. The minimum Gasteiger partial charge on any atom is -0.465 e. The molecule has 1 aliphatic rings. The largest absolute Gasteiger partial charge is 0.465 e. The van der Waals surface area contributed by atoms with Gasteiger partial charge in [-0.25, -0.2) is 0 Å². The third-order valence-corrected chi connectivity index (χ3v) is 4.47. The zero-order valence-electron chi connectivity index (χ0n) is 11.7. The second kappa shape index (κ2) is 6.93. The van der Waals surface area contributed by atoms with Crippen molar-refractivity contribution in [3.8, 4) is 0 Å². The summed E-state index contributed by atoms with van der Waals surface area (Å²) in [6.07, 6.45) is 0. The number of ether oxygens (including phenoxy) is 2. The summed E-state index contributed by atoms with van der Waals surface area (Å²) in [6, 6.07) is 0. The molecule has 19 heavy (non-hydrogen) atoms. The summed E-state index contributed by atoms with van der Waals surface area (Å²) in [5.74, 6) is -3.23. The molecule has 0 unspecified atom stereocenters. The molecule has 0 aromatic heterocycles. The number of ketones is 1. The molecule has 1 fully saturated rings. The first kappa shape index (κ1) is 16.0. The molecule has 1 aliphatic heterocycles. The highest BCUT2D eigenvalue weighted by atomic mass is 32.2. The lowest BCUT2D eigenvalue weighted by Gasteiger charge is -2.34. The number of carbonyl (C=O) groups is 3. The summed E-state index contributed by atoms with van der Waals surface area (Å²) in [7, 11) is 0. The van der Waals surface area contributed by atoms with Crippen LogP contribution in [0, 0.1) is 11.8 Å². The predicted octanol–water partition coefficient (Wildman–Crippen LogP) is 1.44. The lowest BCUT2D eigenvalue weighted by Crippen LogP contribution is -2.48. The van der Waals surface area contributed by atoms with Gasteiger partial charge in [0.2, 0.25) is 0 Å². The van der Waals surface area contributed by atoms with Crippen LogP contribution in [0.4, 0.5) is 0 Å². The second-order valence-electron chi connectivity index (χ2n) is 4.41. The molecule has 1 rings (SSSR count). The molecule has 1 heterocycles. The van der Waals surface area contributed by atoms with E-state index < -0.39 is 23.8 Å². The molecule has 108 valence electrons. The standard InChI is InChI=1S/C13H20O5S/c1-5-17-12(15)9-7(3)19-8(4)10(11(9)14)13(16)18-6-2/h7-10H,5-6H2,1-4H3/t7-,8+,9-,10-/m0/s1. The molecule has 0 bridgehead atoms. The van der Waals surface area contributed by atoms with Crippen LogP contribution >= 0.6 is 11.8 Å². The zero-order chi connectivity index (χ0) is 14.6. The van der Waals surface area contributed by atoms with Gasteiger partial charge >= 0.3 is 11.9 Å². The Labute approximate surface area is 117 Å². The van der Waals surface area contributed by atoms with Gasteiger partial charge in [0.25, 0.3) is 0 Å². The van der Waals surface area contributed by atoms with Gasteiger partial charge in [0, 0.05) is 10.5 Å². The maximum Gasteiger partial charge on any atom is 0.317 e. The van der Waals surface area contributed by atoms with Crippen LogP contribution in [0.15, 0.2) is 0 Å². The summed E-state index contributed by atoms with van der Waals surface area (Å²) < 4.78 is 9.84. The lowest BCUT2D eigenvalue weighted by atomic mass is 9.87. The SMILES string of the molecule is CCOC(=O)[C@@H]1C(=O)[C@@H](C(=O)OCC)[C@@H](C)S[C@H]1C. The van der Waals surface area contributed by atoms with Crippen molar-refractivity contribution in [2.24, 2.45) is 11.8 Å². The van der Waals surface area contributed by atoms with Crippen molar-refractivity contribution in [1.29, 1.82) is 0 Å². The Hall–Kier alpha value is -1.04. The highest BCUT2D eigenvalue weighted by Crippen LogP contribution is 2.38. The van der Waals surface area contributed by atoms with E-state index in [9.17, 15) is 14.4 Å². The maximum absolute atomic E-state index is 12.4. The Kier molecular flexibility index (Phi) is 5.85. The number of hydrogen-bond donors (Lipinski definition) is 0. The van der Waals surface area contributed by atoms with Crippen LogP contribution in [0.2, 0.25) is 0 Å². The first-order chi connectivity index (χ1) is 8.93. The van der Waals surface area contributed by atoms with Gasteiger partial charge < -0.3 is 9.47 Å². The summed E-state index contributed by atoms with van der Waals surface area (Å²) in [6.45, 7) is 7.44. The molecule has 0 N–H and O–H groups in total. The topological polar surface area (TPSA) is 69.7 Å². The van der Waals surface area contributed by atoms with Gasteiger partial charge in [0.1, 0.15) is 11.8 Å². The normalized spacial score (nSPS) is 30.8. The van der Waals surface area contributed by atoms with Crippen LogP contribution in [-0.4, -0.2) is 41.4 Å². The van der Waals surface area contributed by atoms with E-state index in [-0.39, 0.29) is 29.5 Å². The Morgan fingerprint density at radius 1 is 1.00 bits per heavy atom. The first-order valence-corrected chi connectivity index (χ1v) is 7.40. The molecule has 5 nitrogen and oxygen atoms in total. The lowest BCUT2D eigenvalue weighted by molar-refractivity contribution is -0.157. The Bertz CT molecular complexity index is 336. The zero-order valence-corrected chi connectivity index (χ0v) is 12.5. The van der Waals surface area contributed by atoms with Crippen molar-refractivity contribution in [3.63, 3.8) is 0 Å². The number of hydrogen-bond acceptors (Lipinski definition) is 6. The fourth-order valence-electron chi connectivity index (χ4n) is 2.23. The highest BCUT2D eigenvalue weighted by Gasteiger charge is 2.48. The van der Waals surface area contributed by atoms with Gasteiger partial charge in [-0.3, -0.25) is 14.4 Å². The monoisotopic (exact) mass is 288 g/mol.